The number of carboxylic acids is 2. The molecule has 0 unspecified atom stereocenters. The van der Waals surface area contributed by atoms with E-state index in [1.807, 2.05) is 0 Å². The minimum Gasteiger partial charge on any atom is -0.478 e. The predicted octanol–water partition coefficient (Wildman–Crippen LogP) is 8.67. The zero-order valence-corrected chi connectivity index (χ0v) is 20.4. The Morgan fingerprint density at radius 2 is 1.00 bits per heavy atom. The summed E-state index contributed by atoms with van der Waals surface area (Å²) in [5.41, 5.74) is 1.02. The fraction of sp³-hybridized carbons (Fsp3) is 0.714. The molecular weight excluding hydrogens is 400 g/mol. The molecule has 1 rings (SSSR count). The van der Waals surface area contributed by atoms with Gasteiger partial charge in [-0.2, -0.15) is 0 Å². The topological polar surface area (TPSA) is 74.6 Å². The molecule has 4 nitrogen and oxygen atoms in total. The third-order valence-electron chi connectivity index (χ3n) is 6.38. The second-order valence-corrected chi connectivity index (χ2v) is 9.24. The van der Waals surface area contributed by atoms with Crippen LogP contribution in [0, 0.1) is 0 Å². The van der Waals surface area contributed by atoms with Crippen molar-refractivity contribution in [3.63, 3.8) is 0 Å². The third-order valence-corrected chi connectivity index (χ3v) is 6.38. The van der Waals surface area contributed by atoms with Crippen LogP contribution in [0.2, 0.25) is 0 Å². The molecule has 0 saturated carbocycles. The molecule has 4 heteroatoms. The van der Waals surface area contributed by atoms with Gasteiger partial charge in [-0.25, -0.2) is 9.59 Å². The van der Waals surface area contributed by atoms with Gasteiger partial charge in [0, 0.05) is 0 Å². The van der Waals surface area contributed by atoms with Gasteiger partial charge in [-0.05, 0) is 36.6 Å². The highest BCUT2D eigenvalue weighted by molar-refractivity contribution is 5.93. The molecule has 0 amide bonds. The third kappa shape index (κ3) is 13.5. The lowest BCUT2D eigenvalue weighted by Gasteiger charge is -2.08. The lowest BCUT2D eigenvalue weighted by molar-refractivity contribution is 0.0680. The van der Waals surface area contributed by atoms with Gasteiger partial charge >= 0.3 is 11.9 Å². The van der Waals surface area contributed by atoms with Gasteiger partial charge in [0.25, 0.3) is 0 Å². The summed E-state index contributed by atoms with van der Waals surface area (Å²) in [5, 5.41) is 18.4. The summed E-state index contributed by atoms with van der Waals surface area (Å²) >= 11 is 0. The van der Waals surface area contributed by atoms with E-state index >= 15 is 0 Å². The molecule has 2 N–H and O–H groups in total. The molecule has 0 aromatic heterocycles. The first-order chi connectivity index (χ1) is 15.6. The molecule has 0 radical (unpaired) electrons. The van der Waals surface area contributed by atoms with E-state index in [1.165, 1.54) is 121 Å². The van der Waals surface area contributed by atoms with Crippen molar-refractivity contribution >= 4 is 11.9 Å². The number of hydrogen-bond acceptors (Lipinski definition) is 2. The summed E-state index contributed by atoms with van der Waals surface area (Å²) < 4.78 is 0. The van der Waals surface area contributed by atoms with Crippen molar-refractivity contribution in [2.45, 2.75) is 129 Å². The van der Waals surface area contributed by atoms with Crippen LogP contribution in [0.1, 0.15) is 149 Å². The lowest BCUT2D eigenvalue weighted by Crippen LogP contribution is -2.06. The summed E-state index contributed by atoms with van der Waals surface area (Å²) in [4.78, 5) is 22.5. The van der Waals surface area contributed by atoms with Gasteiger partial charge in [0.1, 0.15) is 0 Å². The van der Waals surface area contributed by atoms with Crippen molar-refractivity contribution in [3.8, 4) is 0 Å². The molecular formula is C28H46O4. The molecule has 32 heavy (non-hydrogen) atoms. The maximum absolute atomic E-state index is 11.3. The monoisotopic (exact) mass is 446 g/mol. The van der Waals surface area contributed by atoms with E-state index in [0.717, 1.165) is 12.8 Å². The second kappa shape index (κ2) is 18.7. The highest BCUT2D eigenvalue weighted by atomic mass is 16.4. The van der Waals surface area contributed by atoms with E-state index in [-0.39, 0.29) is 11.1 Å². The molecule has 1 aromatic rings. The first kappa shape index (κ1) is 28.2. The number of carbonyl (C=O) groups is 2. The maximum atomic E-state index is 11.3. The average Bonchev–Trinajstić information content (AvgIpc) is 2.78. The smallest absolute Gasteiger partial charge is 0.335 e. The summed E-state index contributed by atoms with van der Waals surface area (Å²) in [7, 11) is 0. The van der Waals surface area contributed by atoms with Crippen LogP contribution < -0.4 is 0 Å². The normalized spacial score (nSPS) is 11.0. The number of carboxylic acid groups (broad SMARTS) is 2. The first-order valence-electron chi connectivity index (χ1n) is 13.2. The van der Waals surface area contributed by atoms with Crippen molar-refractivity contribution < 1.29 is 19.8 Å². The molecule has 0 aliphatic carbocycles. The number of rotatable bonds is 21. The van der Waals surface area contributed by atoms with Gasteiger partial charge in [0.15, 0.2) is 0 Å². The van der Waals surface area contributed by atoms with Crippen molar-refractivity contribution in [2.75, 3.05) is 0 Å². The summed E-state index contributed by atoms with van der Waals surface area (Å²) in [5.74, 6) is -2.00. The Bertz CT molecular complexity index is 638. The Kier molecular flexibility index (Phi) is 16.5. The number of unbranched alkanes of at least 4 members (excludes halogenated alkanes) is 17. The fourth-order valence-electron chi connectivity index (χ4n) is 4.36. The molecule has 1 aromatic carbocycles. The lowest BCUT2D eigenvalue weighted by atomic mass is 9.98. The van der Waals surface area contributed by atoms with Gasteiger partial charge in [-0.1, -0.05) is 116 Å². The zero-order valence-electron chi connectivity index (χ0n) is 20.4. The molecule has 0 heterocycles. The van der Waals surface area contributed by atoms with E-state index in [1.54, 1.807) is 0 Å². The highest BCUT2D eigenvalue weighted by Gasteiger charge is 2.13. The Morgan fingerprint density at radius 1 is 0.594 bits per heavy atom. The van der Waals surface area contributed by atoms with Gasteiger partial charge in [0.2, 0.25) is 0 Å². The number of aromatic carboxylic acids is 2. The van der Waals surface area contributed by atoms with Crippen LogP contribution in [-0.2, 0) is 6.42 Å². The van der Waals surface area contributed by atoms with Crippen molar-refractivity contribution in [1.82, 2.24) is 0 Å². The average molecular weight is 447 g/mol. The Balaban J connectivity index is 1.96. The van der Waals surface area contributed by atoms with Gasteiger partial charge in [0.05, 0.1) is 11.1 Å². The largest absolute Gasteiger partial charge is 0.478 e. The summed E-state index contributed by atoms with van der Waals surface area (Å²) in [6, 6.07) is 4.29. The maximum Gasteiger partial charge on any atom is 0.335 e. The Morgan fingerprint density at radius 3 is 1.38 bits per heavy atom. The minimum absolute atomic E-state index is 0.160. The van der Waals surface area contributed by atoms with Gasteiger partial charge < -0.3 is 10.2 Å². The molecule has 0 atom stereocenters. The minimum atomic E-state index is -1.01. The van der Waals surface area contributed by atoms with E-state index in [4.69, 9.17) is 5.11 Å². The van der Waals surface area contributed by atoms with Crippen LogP contribution in [0.5, 0.6) is 0 Å². The summed E-state index contributed by atoms with van der Waals surface area (Å²) in [6.45, 7) is 2.27. The van der Waals surface area contributed by atoms with Crippen LogP contribution in [0.3, 0.4) is 0 Å². The quantitative estimate of drug-likeness (QED) is 0.185. The molecule has 0 bridgehead atoms. The molecule has 0 aliphatic heterocycles. The van der Waals surface area contributed by atoms with Gasteiger partial charge in [-0.3, -0.25) is 0 Å². The second-order valence-electron chi connectivity index (χ2n) is 9.24. The SMILES string of the molecule is CCCCCCCCCCCCCCCCCCCCc1cc(C(=O)O)ccc1C(=O)O. The summed E-state index contributed by atoms with van der Waals surface area (Å²) in [6.07, 6.45) is 24.4. The van der Waals surface area contributed by atoms with Crippen LogP contribution >= 0.6 is 0 Å². The van der Waals surface area contributed by atoms with Crippen molar-refractivity contribution in [3.05, 3.63) is 34.9 Å². The number of hydrogen-bond donors (Lipinski definition) is 2. The fourth-order valence-corrected chi connectivity index (χ4v) is 4.36. The van der Waals surface area contributed by atoms with E-state index < -0.39 is 11.9 Å². The Labute approximate surface area is 195 Å². The number of aryl methyl sites for hydroxylation is 1. The molecule has 0 spiro atoms. The van der Waals surface area contributed by atoms with E-state index in [2.05, 4.69) is 6.92 Å². The molecule has 0 saturated heterocycles. The van der Waals surface area contributed by atoms with Crippen LogP contribution in [-0.4, -0.2) is 22.2 Å². The standard InChI is InChI=1S/C28H46O4/c1-2-3-4-5-6-7-8-9-10-11-12-13-14-15-16-17-18-19-20-24-23-25(27(29)30)21-22-26(24)28(31)32/h21-23H,2-20H2,1H3,(H,29,30)(H,31,32). The van der Waals surface area contributed by atoms with Crippen LogP contribution in [0.4, 0.5) is 0 Å². The van der Waals surface area contributed by atoms with Crippen LogP contribution in [0.25, 0.3) is 0 Å². The van der Waals surface area contributed by atoms with Crippen molar-refractivity contribution in [1.29, 1.82) is 0 Å². The first-order valence-corrected chi connectivity index (χ1v) is 13.2. The molecule has 0 fully saturated rings. The zero-order chi connectivity index (χ0) is 23.4. The number of benzene rings is 1. The Hall–Kier alpha value is -1.84. The van der Waals surface area contributed by atoms with Gasteiger partial charge in [-0.15, -0.1) is 0 Å². The van der Waals surface area contributed by atoms with E-state index in [9.17, 15) is 14.7 Å². The van der Waals surface area contributed by atoms with Crippen molar-refractivity contribution in [2.24, 2.45) is 0 Å². The van der Waals surface area contributed by atoms with Crippen LogP contribution in [0.15, 0.2) is 18.2 Å². The van der Waals surface area contributed by atoms with E-state index in [0.29, 0.717) is 12.0 Å². The molecule has 182 valence electrons. The predicted molar refractivity (Wildman–Crippen MR) is 133 cm³/mol. The molecule has 0 aliphatic rings. The highest BCUT2D eigenvalue weighted by Crippen LogP contribution is 2.18.